The molecule has 10 heavy (non-hydrogen) atoms. The van der Waals surface area contributed by atoms with Gasteiger partial charge in [-0.2, -0.15) is 0 Å². The molecule has 0 saturated heterocycles. The quantitative estimate of drug-likeness (QED) is 0.383. The molecule has 8 heteroatoms. The molecule has 0 heterocycles. The first-order chi connectivity index (χ1) is 1.73. The van der Waals surface area contributed by atoms with Crippen LogP contribution in [-0.4, -0.2) is 70.7 Å². The zero-order valence-electron chi connectivity index (χ0n) is 9.06. The molecular weight excluding hydrogens is 183 g/mol. The van der Waals surface area contributed by atoms with Crippen LogP contribution in [0.5, 0.6) is 0 Å². The van der Waals surface area contributed by atoms with Gasteiger partial charge in [0.2, 0.25) is 0 Å². The van der Waals surface area contributed by atoms with Crippen LogP contribution in [0.3, 0.4) is 0 Å². The van der Waals surface area contributed by atoms with Crippen molar-refractivity contribution in [3.63, 3.8) is 0 Å². The summed E-state index contributed by atoms with van der Waals surface area (Å²) in [5.41, 5.74) is 0. The van der Waals surface area contributed by atoms with Crippen LogP contribution in [0.15, 0.2) is 0 Å². The predicted molar refractivity (Wildman–Crippen MR) is 36.9 cm³/mol. The molecule has 0 aromatic heterocycles. The smallest absolute Gasteiger partial charge is 1.00 e. The molecule has 0 aliphatic rings. The predicted octanol–water partition coefficient (Wildman–Crippen LogP) is -6.25. The van der Waals surface area contributed by atoms with Gasteiger partial charge in [-0.3, -0.25) is 4.79 Å². The van der Waals surface area contributed by atoms with Crippen molar-refractivity contribution >= 4 is 43.7 Å². The van der Waals surface area contributed by atoms with E-state index in [4.69, 9.17) is 9.90 Å². The van der Waals surface area contributed by atoms with Crippen LogP contribution >= 0.6 is 0 Å². The van der Waals surface area contributed by atoms with Gasteiger partial charge in [0.05, 0.1) is 0 Å². The van der Waals surface area contributed by atoms with E-state index in [-0.39, 0.29) is 93.5 Å². The number of carboxylic acids is 1. The first-order valence-corrected chi connectivity index (χ1v) is 0.928. The number of hydrogen-bond acceptors (Lipinski definition) is 1. The standard InChI is InChI=1S/C2H4O2.Ca.Na.4H2O.3H/c1-2(3)4;;;;;;;;;/h1H3,(H,3,4);;;4*1H2;;;/q;+2;+1;;;;;3*-1. The Labute approximate surface area is 115 Å². The van der Waals surface area contributed by atoms with Crippen LogP contribution in [0.2, 0.25) is 0 Å². The molecular formula is C2H15CaNaO6. The summed E-state index contributed by atoms with van der Waals surface area (Å²) < 4.78 is 0. The van der Waals surface area contributed by atoms with Crippen LogP contribution in [0.4, 0.5) is 0 Å². The zero-order chi connectivity index (χ0) is 3.58. The van der Waals surface area contributed by atoms with Gasteiger partial charge in [0.1, 0.15) is 0 Å². The van der Waals surface area contributed by atoms with Crippen molar-refractivity contribution in [2.75, 3.05) is 0 Å². The first kappa shape index (κ1) is 61.9. The van der Waals surface area contributed by atoms with Crippen LogP contribution in [0.1, 0.15) is 11.2 Å². The van der Waals surface area contributed by atoms with Gasteiger partial charge in [0.15, 0.2) is 0 Å². The normalized spacial score (nSPS) is 2.50. The van der Waals surface area contributed by atoms with Crippen LogP contribution < -0.4 is 29.6 Å². The van der Waals surface area contributed by atoms with Gasteiger partial charge in [-0.25, -0.2) is 0 Å². The molecule has 0 aliphatic carbocycles. The van der Waals surface area contributed by atoms with Crippen LogP contribution in [-0.2, 0) is 4.79 Å². The van der Waals surface area contributed by atoms with Crippen molar-refractivity contribution in [2.45, 2.75) is 6.92 Å². The Bertz CT molecular complexity index is 48.9. The molecule has 0 fully saturated rings. The SMILES string of the molecule is CC(=O)O.O.O.O.O.[Ca+2].[H-].[H-].[H-].[Na+]. The van der Waals surface area contributed by atoms with E-state index in [1.807, 2.05) is 0 Å². The fourth-order valence-corrected chi connectivity index (χ4v) is 0. The molecule has 0 radical (unpaired) electrons. The maximum atomic E-state index is 9.00. The van der Waals surface area contributed by atoms with E-state index >= 15 is 0 Å². The van der Waals surface area contributed by atoms with E-state index in [2.05, 4.69) is 0 Å². The van der Waals surface area contributed by atoms with Crippen molar-refractivity contribution in [1.82, 2.24) is 0 Å². The van der Waals surface area contributed by atoms with Gasteiger partial charge in [0, 0.05) is 6.92 Å². The van der Waals surface area contributed by atoms with Crippen molar-refractivity contribution in [3.05, 3.63) is 0 Å². The third-order valence-electron chi connectivity index (χ3n) is 0. The van der Waals surface area contributed by atoms with Crippen LogP contribution in [0.25, 0.3) is 0 Å². The number of carboxylic acid groups (broad SMARTS) is 1. The Balaban J connectivity index is -0.00000000125. The summed E-state index contributed by atoms with van der Waals surface area (Å²) in [7, 11) is 0. The molecule has 0 unspecified atom stereocenters. The monoisotopic (exact) mass is 198 g/mol. The second-order valence-corrected chi connectivity index (χ2v) is 0.519. The summed E-state index contributed by atoms with van der Waals surface area (Å²) in [6.07, 6.45) is 0. The topological polar surface area (TPSA) is 163 Å². The third-order valence-corrected chi connectivity index (χ3v) is 0. The zero-order valence-corrected chi connectivity index (χ0v) is 10.3. The average molecular weight is 198 g/mol. The van der Waals surface area contributed by atoms with E-state index < -0.39 is 5.97 Å². The van der Waals surface area contributed by atoms with Crippen molar-refractivity contribution in [1.29, 1.82) is 0 Å². The second-order valence-electron chi connectivity index (χ2n) is 0.519. The molecule has 0 spiro atoms. The molecule has 0 amide bonds. The summed E-state index contributed by atoms with van der Waals surface area (Å²) in [6.45, 7) is 1.08. The van der Waals surface area contributed by atoms with Gasteiger partial charge < -0.3 is 31.3 Å². The van der Waals surface area contributed by atoms with E-state index in [1.165, 1.54) is 0 Å². The molecule has 0 rings (SSSR count). The third kappa shape index (κ3) is 285. The molecule has 0 bridgehead atoms. The Kier molecular flexibility index (Phi) is 287. The molecule has 0 atom stereocenters. The summed E-state index contributed by atoms with van der Waals surface area (Å²) in [5.74, 6) is -0.833. The molecule has 6 nitrogen and oxygen atoms in total. The number of hydrogen-bond donors (Lipinski definition) is 1. The molecule has 0 aliphatic heterocycles. The van der Waals surface area contributed by atoms with E-state index in [0.29, 0.717) is 0 Å². The minimum atomic E-state index is -0.833. The Hall–Kier alpha value is 1.57. The molecule has 62 valence electrons. The van der Waals surface area contributed by atoms with Gasteiger partial charge in [-0.05, 0) is 0 Å². The maximum absolute atomic E-state index is 9.00. The van der Waals surface area contributed by atoms with E-state index in [9.17, 15) is 0 Å². The summed E-state index contributed by atoms with van der Waals surface area (Å²) in [6, 6.07) is 0. The van der Waals surface area contributed by atoms with Crippen LogP contribution in [0, 0.1) is 0 Å². The Morgan fingerprint density at radius 3 is 1.20 bits per heavy atom. The fourth-order valence-electron chi connectivity index (χ4n) is 0. The maximum Gasteiger partial charge on any atom is 2.00 e. The number of carbonyl (C=O) groups is 1. The first-order valence-electron chi connectivity index (χ1n) is 0.928. The minimum Gasteiger partial charge on any atom is -1.00 e. The summed E-state index contributed by atoms with van der Waals surface area (Å²) in [5, 5.41) is 7.42. The summed E-state index contributed by atoms with van der Waals surface area (Å²) >= 11 is 0. The second kappa shape index (κ2) is 46.4. The number of rotatable bonds is 0. The van der Waals surface area contributed by atoms with Gasteiger partial charge in [-0.1, -0.05) is 0 Å². The van der Waals surface area contributed by atoms with E-state index in [1.54, 1.807) is 0 Å². The van der Waals surface area contributed by atoms with Crippen molar-refractivity contribution in [2.24, 2.45) is 0 Å². The van der Waals surface area contributed by atoms with Crippen molar-refractivity contribution < 1.29 is 65.6 Å². The fraction of sp³-hybridized carbons (Fsp3) is 0.500. The Morgan fingerprint density at radius 2 is 1.20 bits per heavy atom. The van der Waals surface area contributed by atoms with E-state index in [0.717, 1.165) is 6.92 Å². The van der Waals surface area contributed by atoms with Gasteiger partial charge in [-0.15, -0.1) is 0 Å². The summed E-state index contributed by atoms with van der Waals surface area (Å²) in [4.78, 5) is 9.00. The molecule has 0 saturated carbocycles. The Morgan fingerprint density at radius 1 is 1.20 bits per heavy atom. The number of aliphatic carboxylic acids is 1. The van der Waals surface area contributed by atoms with Gasteiger partial charge in [0.25, 0.3) is 5.97 Å². The van der Waals surface area contributed by atoms with Crippen molar-refractivity contribution in [3.8, 4) is 0 Å². The molecule has 0 aromatic rings. The van der Waals surface area contributed by atoms with Gasteiger partial charge >= 0.3 is 67.3 Å². The molecule has 0 aromatic carbocycles. The minimum absolute atomic E-state index is 0. The average Bonchev–Trinajstić information content (AvgIpc) is 0.811. The molecule has 9 N–H and O–H groups in total. The largest absolute Gasteiger partial charge is 2.00 e.